The zero-order valence-corrected chi connectivity index (χ0v) is 8.44. The summed E-state index contributed by atoms with van der Waals surface area (Å²) in [7, 11) is 0. The lowest BCUT2D eigenvalue weighted by Gasteiger charge is -2.08. The number of rotatable bonds is 3. The normalized spacial score (nSPS) is 11.1. The van der Waals surface area contributed by atoms with Crippen LogP contribution in [-0.2, 0) is 0 Å². The monoisotopic (exact) mass is 190 g/mol. The molecule has 0 fully saturated rings. The second-order valence-corrected chi connectivity index (χ2v) is 3.71. The summed E-state index contributed by atoms with van der Waals surface area (Å²) in [5.74, 6) is 1.51. The van der Waals surface area contributed by atoms with Gasteiger partial charge >= 0.3 is 0 Å². The average molecular weight is 190 g/mol. The van der Waals surface area contributed by atoms with Gasteiger partial charge in [0.2, 0.25) is 0 Å². The summed E-state index contributed by atoms with van der Waals surface area (Å²) in [4.78, 5) is 4.28. The molecule has 0 amide bonds. The number of hydrogen-bond acceptors (Lipinski definition) is 3. The van der Waals surface area contributed by atoms with E-state index >= 15 is 0 Å². The fourth-order valence-electron chi connectivity index (χ4n) is 1.29. The van der Waals surface area contributed by atoms with E-state index in [-0.39, 0.29) is 0 Å². The van der Waals surface area contributed by atoms with E-state index in [1.54, 1.807) is 12.4 Å². The van der Waals surface area contributed by atoms with Crippen molar-refractivity contribution in [2.24, 2.45) is 5.92 Å². The van der Waals surface area contributed by atoms with Gasteiger partial charge in [-0.15, -0.1) is 0 Å². The van der Waals surface area contributed by atoms with Gasteiger partial charge in [0.15, 0.2) is 5.82 Å². The van der Waals surface area contributed by atoms with Crippen molar-refractivity contribution in [3.8, 4) is 0 Å². The maximum absolute atomic E-state index is 4.28. The standard InChI is InChI=1S/C10H14N4/c1-8(2)7-12-10-9-3-4-13-14(9)6-5-11-10/h3-6,8H,7H2,1-2H3,(H,11,12). The molecule has 0 atom stereocenters. The Hall–Kier alpha value is -1.58. The molecule has 0 spiro atoms. The van der Waals surface area contributed by atoms with Crippen molar-refractivity contribution in [1.82, 2.24) is 14.6 Å². The Bertz CT molecular complexity index is 419. The highest BCUT2D eigenvalue weighted by Crippen LogP contribution is 2.12. The lowest BCUT2D eigenvalue weighted by atomic mass is 10.2. The van der Waals surface area contributed by atoms with Gasteiger partial charge in [-0.3, -0.25) is 0 Å². The summed E-state index contributed by atoms with van der Waals surface area (Å²) in [6.07, 6.45) is 5.37. The number of anilines is 1. The first kappa shape index (κ1) is 8.99. The van der Waals surface area contributed by atoms with Crippen molar-refractivity contribution in [2.45, 2.75) is 13.8 Å². The third-order valence-electron chi connectivity index (χ3n) is 2.00. The van der Waals surface area contributed by atoms with Crippen LogP contribution in [0.25, 0.3) is 5.52 Å². The molecular formula is C10H14N4. The van der Waals surface area contributed by atoms with Crippen LogP contribution in [0.2, 0.25) is 0 Å². The van der Waals surface area contributed by atoms with Crippen LogP contribution in [0.15, 0.2) is 24.7 Å². The molecule has 2 aromatic rings. The van der Waals surface area contributed by atoms with Crippen molar-refractivity contribution in [1.29, 1.82) is 0 Å². The molecule has 4 nitrogen and oxygen atoms in total. The molecule has 0 aliphatic heterocycles. The molecule has 0 saturated carbocycles. The van der Waals surface area contributed by atoms with Gasteiger partial charge < -0.3 is 5.32 Å². The Labute approximate surface area is 83.0 Å². The molecule has 0 saturated heterocycles. The average Bonchev–Trinajstić information content (AvgIpc) is 2.62. The highest BCUT2D eigenvalue weighted by molar-refractivity contribution is 5.66. The Balaban J connectivity index is 2.27. The van der Waals surface area contributed by atoms with Crippen molar-refractivity contribution in [2.75, 3.05) is 11.9 Å². The van der Waals surface area contributed by atoms with Gasteiger partial charge in [-0.25, -0.2) is 9.50 Å². The fraction of sp³-hybridized carbons (Fsp3) is 0.400. The summed E-state index contributed by atoms with van der Waals surface area (Å²) < 4.78 is 1.82. The summed E-state index contributed by atoms with van der Waals surface area (Å²) in [5, 5.41) is 7.44. The Kier molecular flexibility index (Phi) is 2.35. The first-order valence-corrected chi connectivity index (χ1v) is 4.79. The van der Waals surface area contributed by atoms with Crippen LogP contribution in [0.3, 0.4) is 0 Å². The quantitative estimate of drug-likeness (QED) is 0.802. The van der Waals surface area contributed by atoms with Gasteiger partial charge in [-0.05, 0) is 12.0 Å². The number of nitrogens with one attached hydrogen (secondary N) is 1. The number of aromatic nitrogens is 3. The highest BCUT2D eigenvalue weighted by atomic mass is 15.2. The molecule has 0 aliphatic rings. The van der Waals surface area contributed by atoms with Crippen LogP contribution in [-0.4, -0.2) is 21.1 Å². The number of hydrogen-bond donors (Lipinski definition) is 1. The molecule has 14 heavy (non-hydrogen) atoms. The maximum Gasteiger partial charge on any atom is 0.152 e. The van der Waals surface area contributed by atoms with Crippen LogP contribution in [0.1, 0.15) is 13.8 Å². The van der Waals surface area contributed by atoms with E-state index < -0.39 is 0 Å². The predicted octanol–water partition coefficient (Wildman–Crippen LogP) is 1.80. The van der Waals surface area contributed by atoms with E-state index in [1.165, 1.54) is 0 Å². The summed E-state index contributed by atoms with van der Waals surface area (Å²) in [6.45, 7) is 5.27. The Morgan fingerprint density at radius 1 is 1.43 bits per heavy atom. The maximum atomic E-state index is 4.28. The van der Waals surface area contributed by atoms with Crippen molar-refractivity contribution in [3.05, 3.63) is 24.7 Å². The van der Waals surface area contributed by atoms with Crippen molar-refractivity contribution in [3.63, 3.8) is 0 Å². The molecule has 0 aromatic carbocycles. The zero-order chi connectivity index (χ0) is 9.97. The topological polar surface area (TPSA) is 42.2 Å². The predicted molar refractivity (Wildman–Crippen MR) is 56.3 cm³/mol. The molecule has 74 valence electrons. The minimum absolute atomic E-state index is 0.611. The van der Waals surface area contributed by atoms with E-state index in [1.807, 2.05) is 16.8 Å². The smallest absolute Gasteiger partial charge is 0.152 e. The molecule has 2 rings (SSSR count). The van der Waals surface area contributed by atoms with E-state index in [0.29, 0.717) is 5.92 Å². The molecule has 0 unspecified atom stereocenters. The van der Waals surface area contributed by atoms with Gasteiger partial charge in [0.1, 0.15) is 5.52 Å². The lowest BCUT2D eigenvalue weighted by molar-refractivity contribution is 0.687. The van der Waals surface area contributed by atoms with E-state index in [0.717, 1.165) is 17.9 Å². The van der Waals surface area contributed by atoms with E-state index in [4.69, 9.17) is 0 Å². The van der Waals surface area contributed by atoms with Gasteiger partial charge in [0.25, 0.3) is 0 Å². The zero-order valence-electron chi connectivity index (χ0n) is 8.44. The van der Waals surface area contributed by atoms with Gasteiger partial charge in [0, 0.05) is 18.9 Å². The van der Waals surface area contributed by atoms with E-state index in [9.17, 15) is 0 Å². The van der Waals surface area contributed by atoms with Crippen molar-refractivity contribution >= 4 is 11.3 Å². The second-order valence-electron chi connectivity index (χ2n) is 3.71. The molecule has 0 radical (unpaired) electrons. The third-order valence-corrected chi connectivity index (χ3v) is 2.00. The van der Waals surface area contributed by atoms with Crippen LogP contribution < -0.4 is 5.32 Å². The molecule has 0 bridgehead atoms. The lowest BCUT2D eigenvalue weighted by Crippen LogP contribution is -2.10. The van der Waals surface area contributed by atoms with Gasteiger partial charge in [-0.1, -0.05) is 13.8 Å². The van der Waals surface area contributed by atoms with E-state index in [2.05, 4.69) is 29.2 Å². The van der Waals surface area contributed by atoms with Crippen LogP contribution in [0.4, 0.5) is 5.82 Å². The van der Waals surface area contributed by atoms with Crippen LogP contribution in [0.5, 0.6) is 0 Å². The second kappa shape index (κ2) is 3.65. The Morgan fingerprint density at radius 2 is 2.29 bits per heavy atom. The minimum atomic E-state index is 0.611. The Morgan fingerprint density at radius 3 is 3.07 bits per heavy atom. The largest absolute Gasteiger partial charge is 0.368 e. The van der Waals surface area contributed by atoms with Crippen LogP contribution in [0, 0.1) is 5.92 Å². The van der Waals surface area contributed by atoms with Crippen molar-refractivity contribution < 1.29 is 0 Å². The minimum Gasteiger partial charge on any atom is -0.368 e. The van der Waals surface area contributed by atoms with Crippen LogP contribution >= 0.6 is 0 Å². The molecule has 1 N–H and O–H groups in total. The third kappa shape index (κ3) is 1.69. The van der Waals surface area contributed by atoms with Gasteiger partial charge in [-0.2, -0.15) is 5.10 Å². The summed E-state index contributed by atoms with van der Waals surface area (Å²) in [6, 6.07) is 1.95. The summed E-state index contributed by atoms with van der Waals surface area (Å²) >= 11 is 0. The number of fused-ring (bicyclic) bond motifs is 1. The molecule has 0 aliphatic carbocycles. The molecule has 4 heteroatoms. The number of nitrogens with zero attached hydrogens (tertiary/aromatic N) is 3. The molecule has 2 aromatic heterocycles. The molecule has 2 heterocycles. The highest BCUT2D eigenvalue weighted by Gasteiger charge is 2.02. The van der Waals surface area contributed by atoms with Gasteiger partial charge in [0.05, 0.1) is 6.20 Å². The SMILES string of the molecule is CC(C)CNc1nccn2nccc12. The fourth-order valence-corrected chi connectivity index (χ4v) is 1.29. The first-order valence-electron chi connectivity index (χ1n) is 4.79. The summed E-state index contributed by atoms with van der Waals surface area (Å²) in [5.41, 5.74) is 1.02. The first-order chi connectivity index (χ1) is 6.77. The molecular weight excluding hydrogens is 176 g/mol.